The molecule has 0 aromatic carbocycles. The highest BCUT2D eigenvalue weighted by molar-refractivity contribution is 6.69. The fraction of sp³-hybridized carbons (Fsp3) is 1.00. The predicted molar refractivity (Wildman–Crippen MR) is 52.5 cm³/mol. The first kappa shape index (κ1) is 10.2. The molecule has 72 valence electrons. The van der Waals surface area contributed by atoms with Gasteiger partial charge in [0.2, 0.25) is 0 Å². The predicted octanol–water partition coefficient (Wildman–Crippen LogP) is 2.49. The molecule has 12 heavy (non-hydrogen) atoms. The summed E-state index contributed by atoms with van der Waals surface area (Å²) < 4.78 is 5.76. The molecule has 1 saturated carbocycles. The molecule has 0 aromatic rings. The zero-order chi connectivity index (χ0) is 9.24. The van der Waals surface area contributed by atoms with Crippen LogP contribution in [0.15, 0.2) is 0 Å². The van der Waals surface area contributed by atoms with E-state index in [9.17, 15) is 5.11 Å². The summed E-state index contributed by atoms with van der Waals surface area (Å²) >= 11 is 0. The van der Waals surface area contributed by atoms with Crippen molar-refractivity contribution in [2.45, 2.75) is 57.5 Å². The molecule has 0 aromatic heterocycles. The second-order valence-corrected chi connectivity index (χ2v) is 9.15. The molecule has 0 atom stereocenters. The summed E-state index contributed by atoms with van der Waals surface area (Å²) in [5.74, 6) is -0.775. The van der Waals surface area contributed by atoms with E-state index >= 15 is 0 Å². The number of aliphatic hydroxyl groups is 1. The molecular formula is C9H20O2Si. The summed E-state index contributed by atoms with van der Waals surface area (Å²) in [6.45, 7) is 6.37. The maximum atomic E-state index is 10.0. The Morgan fingerprint density at radius 1 is 1.08 bits per heavy atom. The molecule has 0 unspecified atom stereocenters. The zero-order valence-corrected chi connectivity index (χ0v) is 9.39. The Morgan fingerprint density at radius 3 is 2.00 bits per heavy atom. The molecule has 0 aliphatic heterocycles. The van der Waals surface area contributed by atoms with Crippen LogP contribution in [0.2, 0.25) is 19.6 Å². The van der Waals surface area contributed by atoms with E-state index in [-0.39, 0.29) is 0 Å². The molecule has 0 bridgehead atoms. The molecule has 1 aliphatic carbocycles. The van der Waals surface area contributed by atoms with Crippen LogP contribution in [0.5, 0.6) is 0 Å². The molecule has 1 aliphatic rings. The molecule has 0 saturated heterocycles. The van der Waals surface area contributed by atoms with Crippen LogP contribution >= 0.6 is 0 Å². The summed E-state index contributed by atoms with van der Waals surface area (Å²) in [6, 6.07) is 0. The van der Waals surface area contributed by atoms with E-state index in [4.69, 9.17) is 4.43 Å². The summed E-state index contributed by atoms with van der Waals surface area (Å²) in [6.07, 6.45) is 5.13. The molecule has 3 heteroatoms. The SMILES string of the molecule is C[Si](C)(C)OC1(O)CCCCC1. The lowest BCUT2D eigenvalue weighted by molar-refractivity contribution is -0.165. The second kappa shape index (κ2) is 3.48. The van der Waals surface area contributed by atoms with Crippen LogP contribution in [-0.4, -0.2) is 19.2 Å². The van der Waals surface area contributed by atoms with Crippen LogP contribution in [-0.2, 0) is 4.43 Å². The molecule has 1 rings (SSSR count). The van der Waals surface area contributed by atoms with Gasteiger partial charge in [0, 0.05) is 12.8 Å². The lowest BCUT2D eigenvalue weighted by atomic mass is 9.95. The van der Waals surface area contributed by atoms with Gasteiger partial charge in [0.05, 0.1) is 0 Å². The molecule has 2 nitrogen and oxygen atoms in total. The minimum Gasteiger partial charge on any atom is -0.391 e. The van der Waals surface area contributed by atoms with Crippen molar-refractivity contribution in [3.8, 4) is 0 Å². The minimum absolute atomic E-state index is 0.775. The van der Waals surface area contributed by atoms with Crippen LogP contribution in [0.3, 0.4) is 0 Å². The van der Waals surface area contributed by atoms with Crippen molar-refractivity contribution in [2.24, 2.45) is 0 Å². The van der Waals surface area contributed by atoms with Crippen molar-refractivity contribution in [1.29, 1.82) is 0 Å². The Kier molecular flexibility index (Phi) is 2.96. The smallest absolute Gasteiger partial charge is 0.187 e. The average molecular weight is 188 g/mol. The fourth-order valence-corrected chi connectivity index (χ4v) is 3.12. The van der Waals surface area contributed by atoms with Crippen molar-refractivity contribution in [2.75, 3.05) is 0 Å². The van der Waals surface area contributed by atoms with Gasteiger partial charge >= 0.3 is 0 Å². The number of rotatable bonds is 2. The summed E-state index contributed by atoms with van der Waals surface area (Å²) in [4.78, 5) is 0. The van der Waals surface area contributed by atoms with Crippen LogP contribution in [0.25, 0.3) is 0 Å². The first-order valence-corrected chi connectivity index (χ1v) is 8.25. The van der Waals surface area contributed by atoms with Crippen LogP contribution in [0.4, 0.5) is 0 Å². The Balaban J connectivity index is 2.47. The maximum Gasteiger partial charge on any atom is 0.187 e. The number of hydrogen-bond acceptors (Lipinski definition) is 2. The van der Waals surface area contributed by atoms with Gasteiger partial charge < -0.3 is 9.53 Å². The largest absolute Gasteiger partial charge is 0.391 e. The third kappa shape index (κ3) is 3.25. The zero-order valence-electron chi connectivity index (χ0n) is 8.39. The van der Waals surface area contributed by atoms with Crippen LogP contribution in [0, 0.1) is 0 Å². The third-order valence-electron chi connectivity index (χ3n) is 2.13. The Bertz CT molecular complexity index is 145. The van der Waals surface area contributed by atoms with E-state index in [0.29, 0.717) is 0 Å². The monoisotopic (exact) mass is 188 g/mol. The highest BCUT2D eigenvalue weighted by Gasteiger charge is 2.34. The van der Waals surface area contributed by atoms with Gasteiger partial charge in [-0.05, 0) is 32.5 Å². The first-order valence-electron chi connectivity index (χ1n) is 4.84. The highest BCUT2D eigenvalue weighted by Crippen LogP contribution is 2.31. The molecule has 0 radical (unpaired) electrons. The summed E-state index contributed by atoms with van der Waals surface area (Å²) in [5, 5.41) is 10.0. The van der Waals surface area contributed by atoms with Crippen LogP contribution in [0.1, 0.15) is 32.1 Å². The van der Waals surface area contributed by atoms with E-state index < -0.39 is 14.1 Å². The Morgan fingerprint density at radius 2 is 1.58 bits per heavy atom. The van der Waals surface area contributed by atoms with Gasteiger partial charge in [-0.15, -0.1) is 0 Å². The minimum atomic E-state index is -1.57. The summed E-state index contributed by atoms with van der Waals surface area (Å²) in [5.41, 5.74) is 0. The molecular weight excluding hydrogens is 168 g/mol. The standard InChI is InChI=1S/C9H20O2Si/c1-12(2,3)11-9(10)7-5-4-6-8-9/h10H,4-8H2,1-3H3. The van der Waals surface area contributed by atoms with Gasteiger partial charge in [-0.3, -0.25) is 0 Å². The Hall–Kier alpha value is 0.137. The van der Waals surface area contributed by atoms with E-state index in [1.807, 2.05) is 0 Å². The van der Waals surface area contributed by atoms with Crippen molar-refractivity contribution >= 4 is 8.32 Å². The topological polar surface area (TPSA) is 29.5 Å². The van der Waals surface area contributed by atoms with Crippen molar-refractivity contribution in [1.82, 2.24) is 0 Å². The van der Waals surface area contributed by atoms with E-state index in [2.05, 4.69) is 19.6 Å². The lowest BCUT2D eigenvalue weighted by Gasteiger charge is -2.37. The fourth-order valence-electron chi connectivity index (χ4n) is 1.78. The van der Waals surface area contributed by atoms with Gasteiger partial charge in [-0.1, -0.05) is 6.42 Å². The molecule has 1 fully saturated rings. The first-order chi connectivity index (χ1) is 5.41. The molecule has 1 N–H and O–H groups in total. The van der Waals surface area contributed by atoms with E-state index in [0.717, 1.165) is 25.7 Å². The second-order valence-electron chi connectivity index (χ2n) is 4.72. The Labute approximate surface area is 76.1 Å². The van der Waals surface area contributed by atoms with Gasteiger partial charge in [0.25, 0.3) is 0 Å². The molecule has 0 heterocycles. The van der Waals surface area contributed by atoms with E-state index in [1.165, 1.54) is 6.42 Å². The number of hydrogen-bond donors (Lipinski definition) is 1. The van der Waals surface area contributed by atoms with Gasteiger partial charge in [0.1, 0.15) is 0 Å². The molecule has 0 amide bonds. The van der Waals surface area contributed by atoms with Gasteiger partial charge in [-0.2, -0.15) is 0 Å². The van der Waals surface area contributed by atoms with Gasteiger partial charge in [0.15, 0.2) is 14.1 Å². The van der Waals surface area contributed by atoms with E-state index in [1.54, 1.807) is 0 Å². The van der Waals surface area contributed by atoms with Crippen LogP contribution < -0.4 is 0 Å². The van der Waals surface area contributed by atoms with Crippen molar-refractivity contribution < 1.29 is 9.53 Å². The summed E-state index contributed by atoms with van der Waals surface area (Å²) in [7, 11) is -1.57. The third-order valence-corrected chi connectivity index (χ3v) is 3.12. The van der Waals surface area contributed by atoms with Crippen molar-refractivity contribution in [3.05, 3.63) is 0 Å². The molecule has 0 spiro atoms. The average Bonchev–Trinajstić information content (AvgIpc) is 1.83. The van der Waals surface area contributed by atoms with Gasteiger partial charge in [-0.25, -0.2) is 0 Å². The quantitative estimate of drug-likeness (QED) is 0.533. The maximum absolute atomic E-state index is 10.0. The van der Waals surface area contributed by atoms with Crippen molar-refractivity contribution in [3.63, 3.8) is 0 Å². The highest BCUT2D eigenvalue weighted by atomic mass is 28.4. The normalized spacial score (nSPS) is 24.0. The lowest BCUT2D eigenvalue weighted by Crippen LogP contribution is -2.43.